The van der Waals surface area contributed by atoms with Crippen LogP contribution in [0.4, 0.5) is 0 Å². The summed E-state index contributed by atoms with van der Waals surface area (Å²) in [5, 5.41) is 23.3. The molecule has 3 nitrogen and oxygen atoms in total. The lowest BCUT2D eigenvalue weighted by molar-refractivity contribution is 0.284. The van der Waals surface area contributed by atoms with E-state index in [2.05, 4.69) is 6.92 Å². The fourth-order valence-corrected chi connectivity index (χ4v) is 0.362. The van der Waals surface area contributed by atoms with E-state index in [1.54, 1.807) is 13.8 Å². The minimum atomic E-state index is 0.250. The topological polar surface area (TPSA) is 60.7 Å². The lowest BCUT2D eigenvalue weighted by Gasteiger charge is -1.85. The van der Waals surface area contributed by atoms with Gasteiger partial charge >= 0.3 is 0 Å². The Balaban J connectivity index is -0.000000115. The Kier molecular flexibility index (Phi) is 45.7. The van der Waals surface area contributed by atoms with Crippen LogP contribution in [-0.2, 0) is 0 Å². The molecule has 0 radical (unpaired) electrons. The second kappa shape index (κ2) is 30.7. The zero-order chi connectivity index (χ0) is 10.2. The molecule has 0 atom stereocenters. The number of aliphatic hydroxyl groups is 3. The van der Waals surface area contributed by atoms with Crippen molar-refractivity contribution in [2.75, 3.05) is 19.8 Å². The van der Waals surface area contributed by atoms with Crippen LogP contribution in [0, 0.1) is 0 Å². The Morgan fingerprint density at radius 3 is 1.17 bits per heavy atom. The molecular weight excluding hydrogens is 156 g/mol. The monoisotopic (exact) mass is 180 g/mol. The average molecular weight is 180 g/mol. The second-order valence-corrected chi connectivity index (χ2v) is 2.06. The summed E-state index contributed by atoms with van der Waals surface area (Å²) in [4.78, 5) is 0. The summed E-state index contributed by atoms with van der Waals surface area (Å²) in [7, 11) is 0. The summed E-state index contributed by atoms with van der Waals surface area (Å²) in [6, 6.07) is 0. The Morgan fingerprint density at radius 1 is 0.750 bits per heavy atom. The summed E-state index contributed by atoms with van der Waals surface area (Å²) in [5.74, 6) is 0. The zero-order valence-electron chi connectivity index (χ0n) is 8.58. The van der Waals surface area contributed by atoms with Gasteiger partial charge in [-0.3, -0.25) is 0 Å². The van der Waals surface area contributed by atoms with E-state index in [0.29, 0.717) is 6.61 Å². The van der Waals surface area contributed by atoms with Crippen LogP contribution < -0.4 is 0 Å². The minimum absolute atomic E-state index is 0.250. The third-order valence-corrected chi connectivity index (χ3v) is 0.762. The lowest BCUT2D eigenvalue weighted by Crippen LogP contribution is -1.78. The van der Waals surface area contributed by atoms with Gasteiger partial charge in [-0.2, -0.15) is 0 Å². The normalized spacial score (nSPS) is 7.50. The van der Waals surface area contributed by atoms with Crippen molar-refractivity contribution in [2.24, 2.45) is 0 Å². The first-order valence-electron chi connectivity index (χ1n) is 4.57. The fraction of sp³-hybridized carbons (Fsp3) is 1.00. The quantitative estimate of drug-likeness (QED) is 0.571. The average Bonchev–Trinajstić information content (AvgIpc) is 2.04. The van der Waals surface area contributed by atoms with E-state index in [9.17, 15) is 0 Å². The van der Waals surface area contributed by atoms with Crippen LogP contribution in [0.15, 0.2) is 0 Å². The van der Waals surface area contributed by atoms with Gasteiger partial charge in [0.15, 0.2) is 0 Å². The van der Waals surface area contributed by atoms with Crippen LogP contribution in [0.25, 0.3) is 0 Å². The van der Waals surface area contributed by atoms with E-state index in [4.69, 9.17) is 15.3 Å². The first kappa shape index (κ1) is 17.8. The molecule has 0 aliphatic heterocycles. The molecule has 3 N–H and O–H groups in total. The highest BCUT2D eigenvalue weighted by Gasteiger charge is 1.76. The fourth-order valence-electron chi connectivity index (χ4n) is 0.362. The summed E-state index contributed by atoms with van der Waals surface area (Å²) < 4.78 is 0. The van der Waals surface area contributed by atoms with Crippen molar-refractivity contribution in [2.45, 2.75) is 40.0 Å². The maximum Gasteiger partial charge on any atom is 0.0431 e. The van der Waals surface area contributed by atoms with Gasteiger partial charge in [0.05, 0.1) is 0 Å². The molecule has 0 rings (SSSR count). The van der Waals surface area contributed by atoms with Crippen LogP contribution in [0.1, 0.15) is 40.0 Å². The number of rotatable bonds is 3. The van der Waals surface area contributed by atoms with Gasteiger partial charge in [-0.05, 0) is 20.3 Å². The highest BCUT2D eigenvalue weighted by Crippen LogP contribution is 1.89. The summed E-state index contributed by atoms with van der Waals surface area (Å²) >= 11 is 0. The van der Waals surface area contributed by atoms with Crippen molar-refractivity contribution in [1.82, 2.24) is 0 Å². The standard InChI is InChI=1S/C5H12O.2C2H6O/c1-2-3-4-5-6;2*1-2-3/h6H,2-5H2,1H3;2*3H,2H2,1H3. The van der Waals surface area contributed by atoms with Crippen LogP contribution in [0.5, 0.6) is 0 Å². The van der Waals surface area contributed by atoms with Crippen molar-refractivity contribution in [3.05, 3.63) is 0 Å². The molecule has 78 valence electrons. The van der Waals surface area contributed by atoms with E-state index >= 15 is 0 Å². The molecule has 0 aromatic carbocycles. The maximum atomic E-state index is 8.20. The predicted octanol–water partition coefficient (Wildman–Crippen LogP) is 1.17. The largest absolute Gasteiger partial charge is 0.397 e. The third kappa shape index (κ3) is 93.9. The Morgan fingerprint density at radius 2 is 1.08 bits per heavy atom. The molecule has 0 bridgehead atoms. The lowest BCUT2D eigenvalue weighted by atomic mass is 10.3. The Bertz CT molecular complexity index is 34.8. The van der Waals surface area contributed by atoms with Crippen molar-refractivity contribution >= 4 is 0 Å². The van der Waals surface area contributed by atoms with Crippen LogP contribution in [-0.4, -0.2) is 35.1 Å². The molecule has 0 spiro atoms. The molecule has 0 heterocycles. The molecule has 0 saturated carbocycles. The van der Waals surface area contributed by atoms with Gasteiger partial charge in [0, 0.05) is 19.8 Å². The van der Waals surface area contributed by atoms with Gasteiger partial charge in [0.1, 0.15) is 0 Å². The number of hydrogen-bond donors (Lipinski definition) is 3. The predicted molar refractivity (Wildman–Crippen MR) is 52.1 cm³/mol. The minimum Gasteiger partial charge on any atom is -0.397 e. The molecule has 0 aliphatic rings. The van der Waals surface area contributed by atoms with Gasteiger partial charge in [0.25, 0.3) is 0 Å². The summed E-state index contributed by atoms with van der Waals surface area (Å²) in [6.07, 6.45) is 3.33. The number of unbranched alkanes of at least 4 members (excludes halogenated alkanes) is 2. The molecule has 0 fully saturated rings. The first-order chi connectivity index (χ1) is 5.74. The van der Waals surface area contributed by atoms with Gasteiger partial charge in [-0.1, -0.05) is 19.8 Å². The van der Waals surface area contributed by atoms with Crippen LogP contribution in [0.3, 0.4) is 0 Å². The molecule has 12 heavy (non-hydrogen) atoms. The second-order valence-electron chi connectivity index (χ2n) is 2.06. The van der Waals surface area contributed by atoms with Gasteiger partial charge in [-0.15, -0.1) is 0 Å². The van der Waals surface area contributed by atoms with Crippen molar-refractivity contribution in [3.63, 3.8) is 0 Å². The summed E-state index contributed by atoms with van der Waals surface area (Å²) in [5.41, 5.74) is 0. The maximum absolute atomic E-state index is 8.20. The molecule has 0 aliphatic carbocycles. The zero-order valence-corrected chi connectivity index (χ0v) is 8.58. The number of hydrogen-bond acceptors (Lipinski definition) is 3. The van der Waals surface area contributed by atoms with Gasteiger partial charge in [0.2, 0.25) is 0 Å². The molecule has 0 unspecified atom stereocenters. The van der Waals surface area contributed by atoms with Crippen molar-refractivity contribution in [3.8, 4) is 0 Å². The van der Waals surface area contributed by atoms with E-state index in [-0.39, 0.29) is 13.2 Å². The number of aliphatic hydroxyl groups excluding tert-OH is 3. The van der Waals surface area contributed by atoms with Gasteiger partial charge in [-0.25, -0.2) is 0 Å². The van der Waals surface area contributed by atoms with Gasteiger partial charge < -0.3 is 15.3 Å². The molecule has 0 amide bonds. The Hall–Kier alpha value is -0.120. The van der Waals surface area contributed by atoms with E-state index < -0.39 is 0 Å². The van der Waals surface area contributed by atoms with Crippen molar-refractivity contribution < 1.29 is 15.3 Å². The molecule has 0 aromatic rings. The highest BCUT2D eigenvalue weighted by atomic mass is 16.3. The molecular formula is C9H24O3. The van der Waals surface area contributed by atoms with E-state index in [0.717, 1.165) is 12.8 Å². The summed E-state index contributed by atoms with van der Waals surface area (Å²) in [6.45, 7) is 6.34. The van der Waals surface area contributed by atoms with E-state index in [1.165, 1.54) is 6.42 Å². The smallest absolute Gasteiger partial charge is 0.0431 e. The van der Waals surface area contributed by atoms with Crippen molar-refractivity contribution in [1.29, 1.82) is 0 Å². The molecule has 0 saturated heterocycles. The van der Waals surface area contributed by atoms with E-state index in [1.807, 2.05) is 0 Å². The van der Waals surface area contributed by atoms with Crippen LogP contribution >= 0.6 is 0 Å². The van der Waals surface area contributed by atoms with Crippen LogP contribution in [0.2, 0.25) is 0 Å². The molecule has 3 heteroatoms. The third-order valence-electron chi connectivity index (χ3n) is 0.762. The highest BCUT2D eigenvalue weighted by molar-refractivity contribution is 4.30. The first-order valence-corrected chi connectivity index (χ1v) is 4.57. The Labute approximate surface area is 76.1 Å². The SMILES string of the molecule is CCCCCO.CCO.CCO. The molecule has 0 aromatic heterocycles.